The second kappa shape index (κ2) is 4.98. The van der Waals surface area contributed by atoms with E-state index in [1.165, 1.54) is 18.2 Å². The Labute approximate surface area is 126 Å². The molecule has 0 unspecified atom stereocenters. The van der Waals surface area contributed by atoms with E-state index in [4.69, 9.17) is 4.74 Å². The van der Waals surface area contributed by atoms with Crippen molar-refractivity contribution in [3.63, 3.8) is 0 Å². The van der Waals surface area contributed by atoms with E-state index >= 15 is 0 Å². The predicted octanol–water partition coefficient (Wildman–Crippen LogP) is 1.72. The zero-order valence-corrected chi connectivity index (χ0v) is 11.6. The third kappa shape index (κ3) is 1.99. The van der Waals surface area contributed by atoms with Crippen molar-refractivity contribution in [2.75, 3.05) is 0 Å². The Morgan fingerprint density at radius 3 is 2.86 bits per heavy atom. The van der Waals surface area contributed by atoms with Gasteiger partial charge in [-0.25, -0.2) is 0 Å². The summed E-state index contributed by atoms with van der Waals surface area (Å²) in [5.41, 5.74) is -1.11. The van der Waals surface area contributed by atoms with E-state index in [1.807, 2.05) is 0 Å². The molecule has 1 aromatic carbocycles. The number of carbonyl (C=O) groups is 3. The molecule has 1 spiro atoms. The van der Waals surface area contributed by atoms with Gasteiger partial charge in [0.05, 0.1) is 5.56 Å². The number of hydrogen-bond donors (Lipinski definition) is 2. The van der Waals surface area contributed by atoms with Gasteiger partial charge in [0.25, 0.3) is 0 Å². The Morgan fingerprint density at radius 1 is 1.41 bits per heavy atom. The summed E-state index contributed by atoms with van der Waals surface area (Å²) in [6.07, 6.45) is 2.79. The zero-order valence-electron chi connectivity index (χ0n) is 11.6. The largest absolute Gasteiger partial charge is 0.508 e. The topological polar surface area (TPSA) is 101 Å². The SMILES string of the molecule is O=CC1=CCC[C@@H](C(=O)O)[C@@]2(C1)Oc1ccc(O)cc1C2=O. The van der Waals surface area contributed by atoms with Crippen molar-refractivity contribution in [2.24, 2.45) is 5.92 Å². The monoisotopic (exact) mass is 302 g/mol. The van der Waals surface area contributed by atoms with Crippen molar-refractivity contribution in [3.05, 3.63) is 35.4 Å². The maximum Gasteiger partial charge on any atom is 0.311 e. The van der Waals surface area contributed by atoms with Crippen molar-refractivity contribution in [1.82, 2.24) is 0 Å². The molecule has 6 nitrogen and oxygen atoms in total. The fourth-order valence-electron chi connectivity index (χ4n) is 3.18. The number of carboxylic acids is 1. The van der Waals surface area contributed by atoms with Gasteiger partial charge in [0.2, 0.25) is 5.78 Å². The van der Waals surface area contributed by atoms with Crippen LogP contribution in [0.4, 0.5) is 0 Å². The minimum Gasteiger partial charge on any atom is -0.508 e. The Morgan fingerprint density at radius 2 is 2.18 bits per heavy atom. The molecule has 0 amide bonds. The Kier molecular flexibility index (Phi) is 3.24. The predicted molar refractivity (Wildman–Crippen MR) is 74.9 cm³/mol. The Hall–Kier alpha value is -2.63. The number of phenolic OH excluding ortho intramolecular Hbond substituents is 1. The summed E-state index contributed by atoms with van der Waals surface area (Å²) >= 11 is 0. The summed E-state index contributed by atoms with van der Waals surface area (Å²) in [6.45, 7) is 0. The lowest BCUT2D eigenvalue weighted by Gasteiger charge is -2.31. The Bertz CT molecular complexity index is 705. The molecule has 114 valence electrons. The number of ketones is 1. The maximum atomic E-state index is 12.8. The van der Waals surface area contributed by atoms with Gasteiger partial charge in [0, 0.05) is 6.42 Å². The minimum atomic E-state index is -1.62. The van der Waals surface area contributed by atoms with Crippen LogP contribution in [0.3, 0.4) is 0 Å². The summed E-state index contributed by atoms with van der Waals surface area (Å²) in [5, 5.41) is 19.0. The lowest BCUT2D eigenvalue weighted by molar-refractivity contribution is -0.147. The fourth-order valence-corrected chi connectivity index (χ4v) is 3.18. The first-order valence-corrected chi connectivity index (χ1v) is 6.92. The maximum absolute atomic E-state index is 12.8. The summed E-state index contributed by atoms with van der Waals surface area (Å²) in [4.78, 5) is 35.6. The van der Waals surface area contributed by atoms with Crippen LogP contribution in [-0.4, -0.2) is 33.9 Å². The number of Topliss-reactive ketones (excluding diaryl/α,β-unsaturated/α-hetero) is 1. The molecule has 1 aromatic rings. The molecule has 0 fully saturated rings. The molecule has 2 N–H and O–H groups in total. The lowest BCUT2D eigenvalue weighted by atomic mass is 9.78. The molecule has 3 rings (SSSR count). The number of carbonyl (C=O) groups excluding carboxylic acids is 2. The molecule has 0 saturated heterocycles. The van der Waals surface area contributed by atoms with Gasteiger partial charge in [-0.1, -0.05) is 6.08 Å². The summed E-state index contributed by atoms with van der Waals surface area (Å²) in [5.74, 6) is -2.55. The molecule has 2 aliphatic rings. The number of allylic oxidation sites excluding steroid dienone is 1. The standard InChI is InChI=1S/C16H14O6/c17-8-9-2-1-3-12(15(20)21)16(7-9)14(19)11-6-10(18)4-5-13(11)22-16/h2,4-6,8,12,18H,1,3,7H2,(H,20,21)/t12-,16+/m0/s1. The molecule has 0 bridgehead atoms. The highest BCUT2D eigenvalue weighted by Crippen LogP contribution is 2.46. The van der Waals surface area contributed by atoms with Crippen LogP contribution in [0.1, 0.15) is 29.6 Å². The lowest BCUT2D eigenvalue weighted by Crippen LogP contribution is -2.50. The molecule has 0 radical (unpaired) electrons. The average Bonchev–Trinajstić information content (AvgIpc) is 2.65. The zero-order chi connectivity index (χ0) is 15.9. The molecule has 2 atom stereocenters. The van der Waals surface area contributed by atoms with Crippen molar-refractivity contribution in [2.45, 2.75) is 24.9 Å². The second-order valence-electron chi connectivity index (χ2n) is 5.54. The minimum absolute atomic E-state index is 0.0816. The van der Waals surface area contributed by atoms with Gasteiger partial charge >= 0.3 is 5.97 Å². The smallest absolute Gasteiger partial charge is 0.311 e. The van der Waals surface area contributed by atoms with E-state index in [0.717, 1.165) is 0 Å². The van der Waals surface area contributed by atoms with Crippen LogP contribution in [0.5, 0.6) is 11.5 Å². The van der Waals surface area contributed by atoms with Crippen LogP contribution in [-0.2, 0) is 9.59 Å². The number of fused-ring (bicyclic) bond motifs is 1. The molecule has 1 aliphatic heterocycles. The highest BCUT2D eigenvalue weighted by molar-refractivity contribution is 6.10. The molecule has 22 heavy (non-hydrogen) atoms. The van der Waals surface area contributed by atoms with Crippen molar-refractivity contribution in [1.29, 1.82) is 0 Å². The molecule has 1 aliphatic carbocycles. The number of carboxylic acid groups (broad SMARTS) is 1. The average molecular weight is 302 g/mol. The molecule has 0 aromatic heterocycles. The first kappa shape index (κ1) is 14.3. The van der Waals surface area contributed by atoms with Gasteiger partial charge in [0.1, 0.15) is 23.7 Å². The Balaban J connectivity index is 2.12. The van der Waals surface area contributed by atoms with E-state index in [2.05, 4.69) is 0 Å². The van der Waals surface area contributed by atoms with Crippen molar-refractivity contribution in [3.8, 4) is 11.5 Å². The number of ether oxygens (including phenoxy) is 1. The quantitative estimate of drug-likeness (QED) is 0.807. The van der Waals surface area contributed by atoms with E-state index < -0.39 is 23.3 Å². The van der Waals surface area contributed by atoms with Crippen LogP contribution in [0, 0.1) is 5.92 Å². The summed E-state index contributed by atoms with van der Waals surface area (Å²) < 4.78 is 5.75. The van der Waals surface area contributed by atoms with E-state index in [-0.39, 0.29) is 29.9 Å². The number of benzene rings is 1. The van der Waals surface area contributed by atoms with Gasteiger partial charge in [0.15, 0.2) is 5.60 Å². The second-order valence-corrected chi connectivity index (χ2v) is 5.54. The summed E-state index contributed by atoms with van der Waals surface area (Å²) in [6, 6.07) is 4.07. The van der Waals surface area contributed by atoms with Crippen molar-refractivity contribution >= 4 is 18.0 Å². The molecular formula is C16H14O6. The fraction of sp³-hybridized carbons (Fsp3) is 0.312. The number of aldehydes is 1. The highest BCUT2D eigenvalue weighted by Gasteiger charge is 2.57. The van der Waals surface area contributed by atoms with E-state index in [0.29, 0.717) is 18.3 Å². The number of phenols is 1. The van der Waals surface area contributed by atoms with Gasteiger partial charge in [-0.2, -0.15) is 0 Å². The van der Waals surface area contributed by atoms with Crippen LogP contribution >= 0.6 is 0 Å². The number of hydrogen-bond acceptors (Lipinski definition) is 5. The first-order valence-electron chi connectivity index (χ1n) is 6.92. The highest BCUT2D eigenvalue weighted by atomic mass is 16.5. The first-order chi connectivity index (χ1) is 10.5. The third-order valence-corrected chi connectivity index (χ3v) is 4.23. The number of rotatable bonds is 2. The summed E-state index contributed by atoms with van der Waals surface area (Å²) in [7, 11) is 0. The van der Waals surface area contributed by atoms with Gasteiger partial charge in [-0.3, -0.25) is 14.4 Å². The van der Waals surface area contributed by atoms with E-state index in [1.54, 1.807) is 6.08 Å². The number of aliphatic carboxylic acids is 1. The van der Waals surface area contributed by atoms with Crippen LogP contribution in [0.15, 0.2) is 29.8 Å². The van der Waals surface area contributed by atoms with Gasteiger partial charge in [-0.15, -0.1) is 0 Å². The van der Waals surface area contributed by atoms with Gasteiger partial charge < -0.3 is 14.9 Å². The van der Waals surface area contributed by atoms with E-state index in [9.17, 15) is 24.6 Å². The van der Waals surface area contributed by atoms with Crippen LogP contribution in [0.2, 0.25) is 0 Å². The number of aromatic hydroxyl groups is 1. The molecule has 6 heteroatoms. The molecule has 1 heterocycles. The molecule has 0 saturated carbocycles. The van der Waals surface area contributed by atoms with Crippen LogP contribution < -0.4 is 4.74 Å². The van der Waals surface area contributed by atoms with Gasteiger partial charge in [-0.05, 0) is 36.6 Å². The normalized spacial score (nSPS) is 26.8. The third-order valence-electron chi connectivity index (χ3n) is 4.23. The van der Waals surface area contributed by atoms with Crippen molar-refractivity contribution < 1.29 is 29.3 Å². The molecular weight excluding hydrogens is 288 g/mol. The van der Waals surface area contributed by atoms with Crippen LogP contribution in [0.25, 0.3) is 0 Å².